The van der Waals surface area contributed by atoms with E-state index in [0.717, 1.165) is 22.7 Å². The zero-order valence-corrected chi connectivity index (χ0v) is 27.8. The van der Waals surface area contributed by atoms with Gasteiger partial charge in [-0.05, 0) is 47.9 Å². The molecular weight excluding hydrogens is 721 g/mol. The van der Waals surface area contributed by atoms with E-state index in [0.29, 0.717) is 0 Å². The van der Waals surface area contributed by atoms with Gasteiger partial charge in [0.2, 0.25) is 13.3 Å². The molecule has 2 aromatic carbocycles. The van der Waals surface area contributed by atoms with Crippen LogP contribution in [0.25, 0.3) is 0 Å². The first-order valence-electron chi connectivity index (χ1n) is 13.4. The van der Waals surface area contributed by atoms with Gasteiger partial charge < -0.3 is 50.0 Å². The number of nitrogens with zero attached hydrogens (tertiary/aromatic N) is 6. The van der Waals surface area contributed by atoms with Gasteiger partial charge in [-0.3, -0.25) is 0 Å². The van der Waals surface area contributed by atoms with Gasteiger partial charge in [0.15, 0.2) is 0 Å². The van der Waals surface area contributed by atoms with Gasteiger partial charge in [-0.2, -0.15) is 0 Å². The quantitative estimate of drug-likeness (QED) is 0.191. The second kappa shape index (κ2) is 17.8. The molecule has 0 saturated heterocycles. The van der Waals surface area contributed by atoms with Crippen LogP contribution in [0.1, 0.15) is 27.7 Å². The van der Waals surface area contributed by atoms with Gasteiger partial charge in [0.1, 0.15) is 0 Å². The van der Waals surface area contributed by atoms with Crippen LogP contribution in [0.4, 0.5) is 22.7 Å². The largest absolute Gasteiger partial charge is 2.00 e. The molecule has 2 aliphatic rings. The summed E-state index contributed by atoms with van der Waals surface area (Å²) < 4.78 is 0. The molecule has 12 heteroatoms. The van der Waals surface area contributed by atoms with Crippen LogP contribution in [-0.4, -0.2) is 64.3 Å². The van der Waals surface area contributed by atoms with E-state index in [1.54, 1.807) is 9.80 Å². The van der Waals surface area contributed by atoms with E-state index >= 15 is 0 Å². The summed E-state index contributed by atoms with van der Waals surface area (Å²) in [6.07, 6.45) is 0. The van der Waals surface area contributed by atoms with Crippen LogP contribution in [0.2, 0.25) is 0 Å². The fourth-order valence-electron chi connectivity index (χ4n) is 4.25. The van der Waals surface area contributed by atoms with Gasteiger partial charge in [-0.25, -0.2) is 0 Å². The van der Waals surface area contributed by atoms with E-state index < -0.39 is 12.1 Å². The zero-order valence-electron chi connectivity index (χ0n) is 24.7. The molecule has 0 fully saturated rings. The standard InChI is InChI=1S/2C15H20N3O2.2Pd/c2*1-11(2)12(9-19)16-15(20)8-18-10-17(3)13-6-4-5-7-14(13)18;;/h2*4-7,11-12H,8-9H2,1-3H3,(H,16,20);;/q2*-1;2*+2/p-2/t2*12-;;/m11../s1. The minimum absolute atomic E-state index is 0. The molecule has 0 spiro atoms. The zero-order chi connectivity index (χ0) is 29.4. The Morgan fingerprint density at radius 1 is 0.643 bits per heavy atom. The molecule has 2 aromatic rings. The Morgan fingerprint density at radius 2 is 0.952 bits per heavy atom. The van der Waals surface area contributed by atoms with Crippen LogP contribution in [-0.2, 0) is 40.8 Å². The number of para-hydroxylation sites is 4. The third-order valence-electron chi connectivity index (χ3n) is 6.70. The van der Waals surface area contributed by atoms with Crippen LogP contribution >= 0.6 is 0 Å². The Bertz CT molecular complexity index is 1080. The topological polar surface area (TPSA) is 130 Å². The fraction of sp³-hybridized carbons (Fsp3) is 0.467. The van der Waals surface area contributed by atoms with Crippen molar-refractivity contribution in [3.05, 3.63) is 61.9 Å². The number of aliphatic imine (C=N–C) groups is 2. The number of hydrogen-bond donors (Lipinski definition) is 0. The second-order valence-electron chi connectivity index (χ2n) is 10.5. The average molecular weight is 760 g/mol. The van der Waals surface area contributed by atoms with Crippen molar-refractivity contribution < 1.29 is 61.3 Å². The van der Waals surface area contributed by atoms with E-state index in [1.165, 1.54) is 0 Å². The van der Waals surface area contributed by atoms with Crippen molar-refractivity contribution in [3.63, 3.8) is 0 Å². The van der Waals surface area contributed by atoms with Crippen molar-refractivity contribution in [3.8, 4) is 0 Å². The van der Waals surface area contributed by atoms with Crippen LogP contribution < -0.4 is 40.0 Å². The number of anilines is 4. The van der Waals surface area contributed by atoms with Crippen molar-refractivity contribution in [1.82, 2.24) is 0 Å². The van der Waals surface area contributed by atoms with Gasteiger partial charge in [0.05, 0.1) is 22.7 Å². The summed E-state index contributed by atoms with van der Waals surface area (Å²) in [5, 5.41) is 46.0. The van der Waals surface area contributed by atoms with Gasteiger partial charge in [0, 0.05) is 39.3 Å². The Kier molecular flexibility index (Phi) is 16.1. The molecule has 0 aliphatic carbocycles. The summed E-state index contributed by atoms with van der Waals surface area (Å²) in [6, 6.07) is 14.6. The molecule has 2 atom stereocenters. The first-order chi connectivity index (χ1) is 19.0. The first kappa shape index (κ1) is 37.8. The summed E-state index contributed by atoms with van der Waals surface area (Å²) in [6.45, 7) is 13.3. The van der Waals surface area contributed by atoms with Gasteiger partial charge >= 0.3 is 40.8 Å². The summed E-state index contributed by atoms with van der Waals surface area (Å²) >= 11 is 0. The number of rotatable bonds is 10. The monoisotopic (exact) mass is 758 g/mol. The van der Waals surface area contributed by atoms with E-state index in [2.05, 4.69) is 23.3 Å². The van der Waals surface area contributed by atoms with E-state index in [4.69, 9.17) is 0 Å². The maximum atomic E-state index is 12.0. The number of benzene rings is 2. The van der Waals surface area contributed by atoms with Crippen LogP contribution in [0.5, 0.6) is 0 Å². The van der Waals surface area contributed by atoms with Gasteiger partial charge in [-0.1, -0.05) is 52.0 Å². The molecule has 2 heterocycles. The first-order valence-corrected chi connectivity index (χ1v) is 13.4. The summed E-state index contributed by atoms with van der Waals surface area (Å²) in [5.74, 6) is -0.398. The van der Waals surface area contributed by atoms with Gasteiger partial charge in [-0.15, -0.1) is 13.2 Å². The molecule has 232 valence electrons. The third-order valence-corrected chi connectivity index (χ3v) is 6.70. The Hall–Kier alpha value is -2.18. The molecular formula is C30H38N6O4Pd2. The van der Waals surface area contributed by atoms with Crippen molar-refractivity contribution in [2.45, 2.75) is 39.8 Å². The molecule has 4 radical (unpaired) electrons. The van der Waals surface area contributed by atoms with Crippen LogP contribution in [0.3, 0.4) is 0 Å². The van der Waals surface area contributed by atoms with Crippen molar-refractivity contribution in [1.29, 1.82) is 0 Å². The Balaban J connectivity index is 0.000000401. The van der Waals surface area contributed by atoms with E-state index in [1.807, 2.05) is 100 Å². The molecule has 0 saturated carbocycles. The van der Waals surface area contributed by atoms with Crippen LogP contribution in [0, 0.1) is 25.2 Å². The molecule has 0 N–H and O–H groups in total. The molecule has 10 nitrogen and oxygen atoms in total. The number of hydrogen-bond acceptors (Lipinski definition) is 10. The molecule has 4 rings (SSSR count). The predicted molar refractivity (Wildman–Crippen MR) is 153 cm³/mol. The maximum Gasteiger partial charge on any atom is 2.00 e. The Labute approximate surface area is 278 Å². The SMILES string of the molecule is CC(C)[C@@H](C[O-])N=C([O-])CN1[C]N(C)c2ccccc21.CC(C)[C@@H](C[O-])N=C([O-])CN1[C]N(C)c2ccccc21.[Pd+2].[Pd+2]. The average Bonchev–Trinajstić information content (AvgIpc) is 3.41. The summed E-state index contributed by atoms with van der Waals surface area (Å²) in [5.41, 5.74) is 3.87. The summed E-state index contributed by atoms with van der Waals surface area (Å²) in [7, 11) is 3.77. The van der Waals surface area contributed by atoms with Gasteiger partial charge in [0.25, 0.3) is 0 Å². The molecule has 0 amide bonds. The molecule has 0 bridgehead atoms. The number of fused-ring (bicyclic) bond motifs is 2. The normalized spacial score (nSPS) is 16.0. The maximum absolute atomic E-state index is 12.0. The minimum Gasteiger partial charge on any atom is -0.861 e. The third kappa shape index (κ3) is 9.94. The van der Waals surface area contributed by atoms with Crippen molar-refractivity contribution in [2.24, 2.45) is 21.8 Å². The summed E-state index contributed by atoms with van der Waals surface area (Å²) in [4.78, 5) is 15.2. The predicted octanol–water partition coefficient (Wildman–Crippen LogP) is 0.161. The van der Waals surface area contributed by atoms with Crippen molar-refractivity contribution in [2.75, 3.05) is 60.0 Å². The fourth-order valence-corrected chi connectivity index (χ4v) is 4.25. The molecule has 42 heavy (non-hydrogen) atoms. The molecule has 2 aliphatic heterocycles. The van der Waals surface area contributed by atoms with E-state index in [-0.39, 0.29) is 90.8 Å². The van der Waals surface area contributed by atoms with E-state index in [9.17, 15) is 20.4 Å². The molecule has 0 unspecified atom stereocenters. The minimum atomic E-state index is -0.446. The van der Waals surface area contributed by atoms with Crippen molar-refractivity contribution >= 4 is 34.5 Å². The molecule has 0 aromatic heterocycles. The van der Waals surface area contributed by atoms with Crippen LogP contribution in [0.15, 0.2) is 58.5 Å². The smallest absolute Gasteiger partial charge is 0.861 e. The Morgan fingerprint density at radius 3 is 1.24 bits per heavy atom. The second-order valence-corrected chi connectivity index (χ2v) is 10.5.